The van der Waals surface area contributed by atoms with Crippen LogP contribution in [0.4, 0.5) is 0 Å². The Bertz CT molecular complexity index is 499. The number of hydrogen-bond donors (Lipinski definition) is 0. The molecule has 0 radical (unpaired) electrons. The third kappa shape index (κ3) is 1.75. The second-order valence-corrected chi connectivity index (χ2v) is 5.15. The van der Waals surface area contributed by atoms with E-state index in [4.69, 9.17) is 0 Å². The summed E-state index contributed by atoms with van der Waals surface area (Å²) in [5, 5.41) is 4.54. The van der Waals surface area contributed by atoms with Crippen molar-refractivity contribution in [1.29, 1.82) is 0 Å². The van der Waals surface area contributed by atoms with Crippen LogP contribution in [-0.2, 0) is 19.5 Å². The molecule has 0 aliphatic rings. The first-order valence-electron chi connectivity index (χ1n) is 5.42. The molecule has 0 aromatic carbocycles. The molecule has 0 aliphatic carbocycles. The zero-order chi connectivity index (χ0) is 11.9. The van der Waals surface area contributed by atoms with Gasteiger partial charge in [-0.2, -0.15) is 5.10 Å². The first kappa shape index (κ1) is 10.9. The van der Waals surface area contributed by atoms with Crippen LogP contribution in [0.3, 0.4) is 0 Å². The fraction of sp³-hybridized carbons (Fsp3) is 0.500. The van der Waals surface area contributed by atoms with Gasteiger partial charge in [-0.05, 0) is 6.07 Å². The lowest BCUT2D eigenvalue weighted by Gasteiger charge is -2.13. The third-order valence-corrected chi connectivity index (χ3v) is 2.70. The molecule has 4 heteroatoms. The molecular formula is C12H18N4. The molecule has 4 nitrogen and oxygen atoms in total. The third-order valence-electron chi connectivity index (χ3n) is 2.70. The topological polar surface area (TPSA) is 35.6 Å². The lowest BCUT2D eigenvalue weighted by atomic mass is 9.92. The second kappa shape index (κ2) is 3.47. The molecule has 0 atom stereocenters. The fourth-order valence-corrected chi connectivity index (χ4v) is 1.66. The van der Waals surface area contributed by atoms with Gasteiger partial charge < -0.3 is 4.57 Å². The molecular weight excluding hydrogens is 200 g/mol. The van der Waals surface area contributed by atoms with E-state index in [-0.39, 0.29) is 5.41 Å². The maximum absolute atomic E-state index is 4.54. The summed E-state index contributed by atoms with van der Waals surface area (Å²) in [4.78, 5) is 4.34. The smallest absolute Gasteiger partial charge is 0.158 e. The molecule has 0 N–H and O–H groups in total. The Hall–Kier alpha value is -1.58. The average Bonchev–Trinajstić information content (AvgIpc) is 2.70. The fourth-order valence-electron chi connectivity index (χ4n) is 1.66. The van der Waals surface area contributed by atoms with Gasteiger partial charge in [0.15, 0.2) is 5.82 Å². The summed E-state index contributed by atoms with van der Waals surface area (Å²) in [6.45, 7) is 6.49. The number of aromatic nitrogens is 4. The molecule has 0 aliphatic heterocycles. The Morgan fingerprint density at radius 1 is 1.19 bits per heavy atom. The van der Waals surface area contributed by atoms with Gasteiger partial charge in [0.2, 0.25) is 0 Å². The molecule has 16 heavy (non-hydrogen) atoms. The Morgan fingerprint density at radius 2 is 1.88 bits per heavy atom. The van der Waals surface area contributed by atoms with Crippen molar-refractivity contribution in [3.8, 4) is 11.5 Å². The highest BCUT2D eigenvalue weighted by Gasteiger charge is 2.20. The highest BCUT2D eigenvalue weighted by Crippen LogP contribution is 2.25. The minimum Gasteiger partial charge on any atom is -0.333 e. The molecule has 0 unspecified atom stereocenters. The summed E-state index contributed by atoms with van der Waals surface area (Å²) >= 11 is 0. The van der Waals surface area contributed by atoms with E-state index < -0.39 is 0 Å². The molecule has 0 saturated carbocycles. The van der Waals surface area contributed by atoms with E-state index in [0.29, 0.717) is 0 Å². The molecule has 0 saturated heterocycles. The van der Waals surface area contributed by atoms with Gasteiger partial charge in [-0.15, -0.1) is 0 Å². The molecule has 2 aromatic rings. The number of aryl methyl sites for hydroxylation is 2. The van der Waals surface area contributed by atoms with Crippen molar-refractivity contribution in [2.45, 2.75) is 26.2 Å². The molecule has 0 bridgehead atoms. The number of rotatable bonds is 1. The molecule has 0 fully saturated rings. The second-order valence-electron chi connectivity index (χ2n) is 5.15. The standard InChI is InChI=1S/C12H18N4/c1-12(2,3)10-8-9(16(5)14-10)11-13-6-7-15(11)4/h6-8H,1-5H3. The summed E-state index contributed by atoms with van der Waals surface area (Å²) in [5.74, 6) is 0.950. The highest BCUT2D eigenvalue weighted by molar-refractivity contribution is 5.51. The maximum atomic E-state index is 4.54. The SMILES string of the molecule is Cn1ccnc1-c1cc(C(C)(C)C)nn1C. The van der Waals surface area contributed by atoms with Gasteiger partial charge in [0, 0.05) is 31.9 Å². The van der Waals surface area contributed by atoms with Gasteiger partial charge in [0.25, 0.3) is 0 Å². The van der Waals surface area contributed by atoms with Crippen LogP contribution in [0.15, 0.2) is 18.5 Å². The van der Waals surface area contributed by atoms with E-state index in [0.717, 1.165) is 17.2 Å². The van der Waals surface area contributed by atoms with Gasteiger partial charge in [-0.1, -0.05) is 20.8 Å². The quantitative estimate of drug-likeness (QED) is 0.735. The summed E-state index contributed by atoms with van der Waals surface area (Å²) in [6.07, 6.45) is 3.75. The predicted octanol–water partition coefficient (Wildman–Crippen LogP) is 2.12. The van der Waals surface area contributed by atoms with E-state index in [2.05, 4.69) is 36.9 Å². The van der Waals surface area contributed by atoms with Crippen molar-refractivity contribution in [1.82, 2.24) is 19.3 Å². The van der Waals surface area contributed by atoms with Crippen LogP contribution in [-0.4, -0.2) is 19.3 Å². The van der Waals surface area contributed by atoms with Gasteiger partial charge >= 0.3 is 0 Å². The molecule has 2 aromatic heterocycles. The van der Waals surface area contributed by atoms with Crippen LogP contribution in [0.2, 0.25) is 0 Å². The average molecular weight is 218 g/mol. The molecule has 2 heterocycles. The molecule has 0 amide bonds. The summed E-state index contributed by atoms with van der Waals surface area (Å²) in [6, 6.07) is 2.11. The van der Waals surface area contributed by atoms with Crippen molar-refractivity contribution < 1.29 is 0 Å². The lowest BCUT2D eigenvalue weighted by Crippen LogP contribution is -2.12. The monoisotopic (exact) mass is 218 g/mol. The Kier molecular flexibility index (Phi) is 2.37. The summed E-state index contributed by atoms with van der Waals surface area (Å²) in [7, 11) is 3.95. The first-order valence-corrected chi connectivity index (χ1v) is 5.42. The summed E-state index contributed by atoms with van der Waals surface area (Å²) < 4.78 is 3.90. The van der Waals surface area contributed by atoms with Crippen molar-refractivity contribution in [3.63, 3.8) is 0 Å². The van der Waals surface area contributed by atoms with Crippen molar-refractivity contribution in [3.05, 3.63) is 24.2 Å². The van der Waals surface area contributed by atoms with Crippen molar-refractivity contribution >= 4 is 0 Å². The van der Waals surface area contributed by atoms with Crippen LogP contribution in [0, 0.1) is 0 Å². The van der Waals surface area contributed by atoms with E-state index in [1.807, 2.05) is 29.5 Å². The van der Waals surface area contributed by atoms with Crippen LogP contribution >= 0.6 is 0 Å². The maximum Gasteiger partial charge on any atom is 0.158 e. The normalized spacial score (nSPS) is 12.1. The Labute approximate surface area is 95.9 Å². The molecule has 2 rings (SSSR count). The van der Waals surface area contributed by atoms with Crippen molar-refractivity contribution in [2.75, 3.05) is 0 Å². The van der Waals surface area contributed by atoms with E-state index in [9.17, 15) is 0 Å². The van der Waals surface area contributed by atoms with Gasteiger partial charge in [-0.3, -0.25) is 4.68 Å². The van der Waals surface area contributed by atoms with E-state index in [1.165, 1.54) is 0 Å². The minimum atomic E-state index is 0.0706. The zero-order valence-electron chi connectivity index (χ0n) is 10.5. The zero-order valence-corrected chi connectivity index (χ0v) is 10.5. The van der Waals surface area contributed by atoms with Crippen LogP contribution in [0.5, 0.6) is 0 Å². The van der Waals surface area contributed by atoms with Gasteiger partial charge in [-0.25, -0.2) is 4.98 Å². The molecule has 86 valence electrons. The van der Waals surface area contributed by atoms with Gasteiger partial charge in [0.1, 0.15) is 5.69 Å². The Balaban J connectivity index is 2.52. The van der Waals surface area contributed by atoms with E-state index in [1.54, 1.807) is 6.20 Å². The van der Waals surface area contributed by atoms with Gasteiger partial charge in [0.05, 0.1) is 5.69 Å². The number of imidazole rings is 1. The van der Waals surface area contributed by atoms with Crippen molar-refractivity contribution in [2.24, 2.45) is 14.1 Å². The first-order chi connectivity index (χ1) is 7.39. The minimum absolute atomic E-state index is 0.0706. The largest absolute Gasteiger partial charge is 0.333 e. The highest BCUT2D eigenvalue weighted by atomic mass is 15.3. The van der Waals surface area contributed by atoms with Crippen LogP contribution in [0.25, 0.3) is 11.5 Å². The Morgan fingerprint density at radius 3 is 2.31 bits per heavy atom. The number of nitrogens with zero attached hydrogens (tertiary/aromatic N) is 4. The summed E-state index contributed by atoms with van der Waals surface area (Å²) in [5.41, 5.74) is 2.21. The molecule has 0 spiro atoms. The number of hydrogen-bond acceptors (Lipinski definition) is 2. The van der Waals surface area contributed by atoms with E-state index >= 15 is 0 Å². The predicted molar refractivity (Wildman–Crippen MR) is 64.1 cm³/mol. The van der Waals surface area contributed by atoms with Crippen LogP contribution < -0.4 is 0 Å². The van der Waals surface area contributed by atoms with Crippen LogP contribution in [0.1, 0.15) is 26.5 Å². The lowest BCUT2D eigenvalue weighted by molar-refractivity contribution is 0.553.